The van der Waals surface area contributed by atoms with Gasteiger partial charge in [-0.3, -0.25) is 9.59 Å². The van der Waals surface area contributed by atoms with Gasteiger partial charge in [0, 0.05) is 31.0 Å². The molecule has 0 unspecified atom stereocenters. The van der Waals surface area contributed by atoms with Crippen molar-refractivity contribution in [2.45, 2.75) is 45.6 Å². The largest absolute Gasteiger partial charge is 0.469 e. The fourth-order valence-electron chi connectivity index (χ4n) is 2.80. The third kappa shape index (κ3) is 6.53. The number of aryl methyl sites for hydroxylation is 2. The van der Waals surface area contributed by atoms with E-state index in [1.165, 1.54) is 11.3 Å². The highest BCUT2D eigenvalue weighted by atomic mass is 32.1. The lowest BCUT2D eigenvalue weighted by Crippen LogP contribution is -2.33. The zero-order chi connectivity index (χ0) is 20.6. The molecule has 2 heterocycles. The van der Waals surface area contributed by atoms with E-state index in [-0.39, 0.29) is 17.9 Å². The molecule has 7 nitrogen and oxygen atoms in total. The Morgan fingerprint density at radius 3 is 2.69 bits per heavy atom. The van der Waals surface area contributed by atoms with E-state index >= 15 is 0 Å². The fraction of sp³-hybridized carbons (Fsp3) is 0.333. The number of benzene rings is 1. The molecule has 0 saturated carbocycles. The van der Waals surface area contributed by atoms with Gasteiger partial charge in [0.15, 0.2) is 0 Å². The molecule has 0 radical (unpaired) electrons. The number of carbonyl (C=O) groups excluding carboxylic acids is 2. The van der Waals surface area contributed by atoms with Crippen LogP contribution in [0.1, 0.15) is 45.9 Å². The summed E-state index contributed by atoms with van der Waals surface area (Å²) >= 11 is 1.25. The van der Waals surface area contributed by atoms with E-state index in [1.807, 2.05) is 50.2 Å². The molecule has 3 rings (SSSR count). The van der Waals surface area contributed by atoms with Crippen LogP contribution in [0.25, 0.3) is 0 Å². The Bertz CT molecular complexity index is 935. The van der Waals surface area contributed by atoms with Crippen LogP contribution in [-0.4, -0.2) is 28.1 Å². The minimum Gasteiger partial charge on any atom is -0.469 e. The second-order valence-corrected chi connectivity index (χ2v) is 7.99. The van der Waals surface area contributed by atoms with Gasteiger partial charge < -0.3 is 15.1 Å². The maximum absolute atomic E-state index is 12.3. The average Bonchev–Trinajstić information content (AvgIpc) is 3.35. The molecule has 29 heavy (non-hydrogen) atoms. The molecule has 0 aliphatic carbocycles. The number of nitrogens with zero attached hydrogens (tertiary/aromatic N) is 2. The number of aromatic nitrogens is 2. The van der Waals surface area contributed by atoms with Gasteiger partial charge in [-0.1, -0.05) is 29.0 Å². The van der Waals surface area contributed by atoms with Gasteiger partial charge in [0.2, 0.25) is 10.9 Å². The second-order valence-electron chi connectivity index (χ2n) is 6.93. The van der Waals surface area contributed by atoms with Gasteiger partial charge in [0.1, 0.15) is 10.8 Å². The molecule has 0 saturated heterocycles. The average molecular weight is 413 g/mol. The predicted molar refractivity (Wildman–Crippen MR) is 112 cm³/mol. The monoisotopic (exact) mass is 412 g/mol. The zero-order valence-electron chi connectivity index (χ0n) is 16.5. The number of hydrogen-bond donors (Lipinski definition) is 2. The van der Waals surface area contributed by atoms with Crippen LogP contribution in [0.5, 0.6) is 0 Å². The Morgan fingerprint density at radius 2 is 1.97 bits per heavy atom. The summed E-state index contributed by atoms with van der Waals surface area (Å²) in [6.07, 6.45) is 3.94. The molecule has 0 fully saturated rings. The molecule has 0 spiro atoms. The Morgan fingerprint density at radius 1 is 1.17 bits per heavy atom. The standard InChI is InChI=1S/C21H24N4O3S/c1-14-8-10-16(11-9-14)23-20(27)21-25-24-19(29-21)7-3-6-18(26)22-15(2)13-17-5-4-12-28-17/h4-5,8-12,15H,3,6-7,13H2,1-2H3,(H,22,26)(H,23,27)/t15-/m1/s1. The number of anilines is 1. The molecule has 0 bridgehead atoms. The van der Waals surface area contributed by atoms with Crippen LogP contribution >= 0.6 is 11.3 Å². The summed E-state index contributed by atoms with van der Waals surface area (Å²) in [6.45, 7) is 3.94. The second kappa shape index (κ2) is 9.97. The van der Waals surface area contributed by atoms with Crippen molar-refractivity contribution in [1.82, 2.24) is 15.5 Å². The Hall–Kier alpha value is -3.00. The third-order valence-corrected chi connectivity index (χ3v) is 5.24. The smallest absolute Gasteiger partial charge is 0.286 e. The summed E-state index contributed by atoms with van der Waals surface area (Å²) in [4.78, 5) is 24.3. The number of amides is 2. The SMILES string of the molecule is Cc1ccc(NC(=O)c2nnc(CCCC(=O)N[C@H](C)Cc3ccco3)s2)cc1. The summed E-state index contributed by atoms with van der Waals surface area (Å²) in [5.74, 6) is 0.566. The first-order valence-corrected chi connectivity index (χ1v) is 10.3. The molecular weight excluding hydrogens is 388 g/mol. The minimum absolute atomic E-state index is 0.00671. The van der Waals surface area contributed by atoms with Crippen LogP contribution in [-0.2, 0) is 17.6 Å². The first-order chi connectivity index (χ1) is 14.0. The summed E-state index contributed by atoms with van der Waals surface area (Å²) in [6, 6.07) is 11.3. The van der Waals surface area contributed by atoms with E-state index in [0.29, 0.717) is 30.7 Å². The highest BCUT2D eigenvalue weighted by Gasteiger charge is 2.14. The molecule has 0 aliphatic rings. The summed E-state index contributed by atoms with van der Waals surface area (Å²) in [5.41, 5.74) is 1.85. The van der Waals surface area contributed by atoms with Gasteiger partial charge in [-0.25, -0.2) is 0 Å². The van der Waals surface area contributed by atoms with Gasteiger partial charge in [-0.2, -0.15) is 0 Å². The predicted octanol–water partition coefficient (Wildman–Crippen LogP) is 3.76. The molecule has 8 heteroatoms. The molecule has 3 aromatic rings. The molecule has 2 N–H and O–H groups in total. The summed E-state index contributed by atoms with van der Waals surface area (Å²) < 4.78 is 5.29. The van der Waals surface area contributed by atoms with E-state index in [0.717, 1.165) is 22.0 Å². The van der Waals surface area contributed by atoms with Crippen molar-refractivity contribution >= 4 is 28.8 Å². The van der Waals surface area contributed by atoms with Crippen LogP contribution in [0.3, 0.4) is 0 Å². The highest BCUT2D eigenvalue weighted by Crippen LogP contribution is 2.16. The third-order valence-electron chi connectivity index (χ3n) is 4.26. The Kier molecular flexibility index (Phi) is 7.13. The summed E-state index contributed by atoms with van der Waals surface area (Å²) in [5, 5.41) is 14.9. The van der Waals surface area contributed by atoms with Gasteiger partial charge in [0.05, 0.1) is 6.26 Å². The molecule has 1 aromatic carbocycles. The van der Waals surface area contributed by atoms with Crippen molar-refractivity contribution < 1.29 is 14.0 Å². The van der Waals surface area contributed by atoms with Gasteiger partial charge in [0.25, 0.3) is 5.91 Å². The zero-order valence-corrected chi connectivity index (χ0v) is 17.3. The van der Waals surface area contributed by atoms with Crippen LogP contribution < -0.4 is 10.6 Å². The number of carbonyl (C=O) groups is 2. The van der Waals surface area contributed by atoms with E-state index in [1.54, 1.807) is 6.26 Å². The first kappa shape index (κ1) is 20.7. The van der Waals surface area contributed by atoms with E-state index in [2.05, 4.69) is 20.8 Å². The minimum atomic E-state index is -0.276. The van der Waals surface area contributed by atoms with E-state index in [9.17, 15) is 9.59 Å². The highest BCUT2D eigenvalue weighted by molar-refractivity contribution is 7.13. The number of hydrogen-bond acceptors (Lipinski definition) is 6. The number of rotatable bonds is 9. The van der Waals surface area contributed by atoms with Crippen molar-refractivity contribution in [2.24, 2.45) is 0 Å². The number of nitrogens with one attached hydrogen (secondary N) is 2. The van der Waals surface area contributed by atoms with Gasteiger partial charge in [-0.05, 0) is 44.5 Å². The van der Waals surface area contributed by atoms with Crippen molar-refractivity contribution in [3.63, 3.8) is 0 Å². The fourth-order valence-corrected chi connectivity index (χ4v) is 3.57. The Balaban J connectivity index is 1.40. The van der Waals surface area contributed by atoms with E-state index in [4.69, 9.17) is 4.42 Å². The van der Waals surface area contributed by atoms with Crippen molar-refractivity contribution in [1.29, 1.82) is 0 Å². The van der Waals surface area contributed by atoms with Crippen molar-refractivity contribution in [3.8, 4) is 0 Å². The molecule has 152 valence electrons. The topological polar surface area (TPSA) is 97.1 Å². The van der Waals surface area contributed by atoms with Gasteiger partial charge in [-0.15, -0.1) is 10.2 Å². The summed E-state index contributed by atoms with van der Waals surface area (Å²) in [7, 11) is 0. The molecule has 2 amide bonds. The lowest BCUT2D eigenvalue weighted by molar-refractivity contribution is -0.121. The van der Waals surface area contributed by atoms with Crippen LogP contribution in [0.2, 0.25) is 0 Å². The van der Waals surface area contributed by atoms with Crippen LogP contribution in [0, 0.1) is 6.92 Å². The van der Waals surface area contributed by atoms with Crippen LogP contribution in [0.15, 0.2) is 47.1 Å². The van der Waals surface area contributed by atoms with E-state index < -0.39 is 0 Å². The van der Waals surface area contributed by atoms with Crippen molar-refractivity contribution in [2.75, 3.05) is 5.32 Å². The maximum atomic E-state index is 12.3. The lowest BCUT2D eigenvalue weighted by Gasteiger charge is -2.12. The Labute approximate surface area is 173 Å². The van der Waals surface area contributed by atoms with Crippen molar-refractivity contribution in [3.05, 3.63) is 64.0 Å². The molecule has 2 aromatic heterocycles. The molecule has 0 aliphatic heterocycles. The quantitative estimate of drug-likeness (QED) is 0.558. The number of furan rings is 1. The molecular formula is C21H24N4O3S. The van der Waals surface area contributed by atoms with Gasteiger partial charge >= 0.3 is 0 Å². The lowest BCUT2D eigenvalue weighted by atomic mass is 10.1. The van der Waals surface area contributed by atoms with Crippen LogP contribution in [0.4, 0.5) is 5.69 Å². The normalized spacial score (nSPS) is 11.8. The molecule has 1 atom stereocenters. The first-order valence-electron chi connectivity index (χ1n) is 9.52. The maximum Gasteiger partial charge on any atom is 0.286 e.